The fraction of sp³-hybridized carbons (Fsp3) is 0.250. The number of aromatic nitrogens is 1. The van der Waals surface area contributed by atoms with Crippen LogP contribution in [-0.2, 0) is 14.3 Å². The lowest BCUT2D eigenvalue weighted by molar-refractivity contribution is -0.385. The molecule has 0 amide bonds. The van der Waals surface area contributed by atoms with Crippen LogP contribution in [0, 0.1) is 10.1 Å². The van der Waals surface area contributed by atoms with Gasteiger partial charge in [-0.05, 0) is 36.8 Å². The lowest BCUT2D eigenvalue weighted by atomic mass is 9.95. The van der Waals surface area contributed by atoms with E-state index in [9.17, 15) is 19.7 Å². The van der Waals surface area contributed by atoms with E-state index in [1.165, 1.54) is 30.9 Å². The highest BCUT2D eigenvalue weighted by atomic mass is 32.1. The van der Waals surface area contributed by atoms with Gasteiger partial charge in [-0.2, -0.15) is 0 Å². The van der Waals surface area contributed by atoms with Crippen molar-refractivity contribution in [3.63, 3.8) is 0 Å². The number of methoxy groups -OCH3 is 2. The average molecular weight is 566 g/mol. The lowest BCUT2D eigenvalue weighted by Crippen LogP contribution is -2.40. The maximum absolute atomic E-state index is 13.8. The van der Waals surface area contributed by atoms with Crippen molar-refractivity contribution in [2.75, 3.05) is 34.0 Å². The molecule has 0 N–H and O–H groups in total. The van der Waals surface area contributed by atoms with Gasteiger partial charge in [0.25, 0.3) is 11.2 Å². The van der Waals surface area contributed by atoms with Gasteiger partial charge in [0.05, 0.1) is 46.0 Å². The van der Waals surface area contributed by atoms with Gasteiger partial charge in [-0.3, -0.25) is 19.5 Å². The largest absolute Gasteiger partial charge is 0.493 e. The quantitative estimate of drug-likeness (QED) is 0.114. The van der Waals surface area contributed by atoms with Gasteiger partial charge in [-0.25, -0.2) is 9.79 Å². The lowest BCUT2D eigenvalue weighted by Gasteiger charge is -2.25. The number of allylic oxidation sites excluding steroid dienone is 1. The minimum atomic E-state index is -0.915. The van der Waals surface area contributed by atoms with Gasteiger partial charge in [0, 0.05) is 13.2 Å². The smallest absolute Gasteiger partial charge is 0.338 e. The number of nitro groups is 1. The third kappa shape index (κ3) is 5.72. The molecule has 0 aliphatic carbocycles. The predicted molar refractivity (Wildman–Crippen MR) is 148 cm³/mol. The molecule has 40 heavy (non-hydrogen) atoms. The molecule has 11 nitrogen and oxygen atoms in total. The second-order valence-corrected chi connectivity index (χ2v) is 9.55. The van der Waals surface area contributed by atoms with Crippen molar-refractivity contribution in [3.05, 3.63) is 107 Å². The normalized spacial score (nSPS) is 14.8. The Morgan fingerprint density at radius 1 is 1.20 bits per heavy atom. The van der Waals surface area contributed by atoms with Gasteiger partial charge in [0.1, 0.15) is 13.2 Å². The van der Waals surface area contributed by atoms with Crippen molar-refractivity contribution in [2.24, 2.45) is 4.99 Å². The molecule has 0 spiro atoms. The third-order valence-electron chi connectivity index (χ3n) is 6.04. The van der Waals surface area contributed by atoms with E-state index in [1.807, 2.05) is 0 Å². The fourth-order valence-electron chi connectivity index (χ4n) is 4.23. The number of hydrogen-bond donors (Lipinski definition) is 0. The van der Waals surface area contributed by atoms with E-state index in [2.05, 4.69) is 11.6 Å². The van der Waals surface area contributed by atoms with E-state index in [1.54, 1.807) is 49.4 Å². The molecule has 0 radical (unpaired) electrons. The second kappa shape index (κ2) is 12.5. The first-order chi connectivity index (χ1) is 19.3. The number of ether oxygens (including phenoxy) is 4. The first-order valence-electron chi connectivity index (χ1n) is 12.1. The molecule has 1 unspecified atom stereocenters. The van der Waals surface area contributed by atoms with Crippen molar-refractivity contribution in [3.8, 4) is 11.5 Å². The number of rotatable bonds is 11. The summed E-state index contributed by atoms with van der Waals surface area (Å²) in [6.07, 6.45) is 3.06. The Morgan fingerprint density at radius 2 is 1.98 bits per heavy atom. The van der Waals surface area contributed by atoms with E-state index in [0.29, 0.717) is 27.6 Å². The molecule has 1 aromatic heterocycles. The number of fused-ring (bicyclic) bond motifs is 1. The molecule has 12 heteroatoms. The van der Waals surface area contributed by atoms with E-state index in [0.717, 1.165) is 11.3 Å². The number of nitro benzene ring substituents is 1. The maximum atomic E-state index is 13.8. The standard InChI is InChI=1S/C28H27N3O8S/c1-5-12-38-21-11-10-19(15-22(21)37-4)25-24(27(33)39-14-13-36-3)17(2)29-28-30(25)26(32)23(40-28)16-18-8-6-7-9-20(18)31(34)35/h5-11,15-16,25H,1,12-14H2,2-4H3/b23-16-. The summed E-state index contributed by atoms with van der Waals surface area (Å²) in [7, 11) is 2.98. The number of esters is 1. The Balaban J connectivity index is 1.93. The Morgan fingerprint density at radius 3 is 2.67 bits per heavy atom. The molecule has 3 aromatic rings. The highest BCUT2D eigenvalue weighted by Gasteiger charge is 2.34. The SMILES string of the molecule is C=CCOc1ccc(C2C(C(=O)OCCOC)=C(C)N=c3s/c(=C\c4ccccc4[N+](=O)[O-])c(=O)n32)cc1OC. The predicted octanol–water partition coefficient (Wildman–Crippen LogP) is 2.91. The van der Waals surface area contributed by atoms with Crippen LogP contribution in [0.25, 0.3) is 6.08 Å². The number of thiazole rings is 1. The number of para-hydroxylation sites is 1. The van der Waals surface area contributed by atoms with Crippen LogP contribution >= 0.6 is 11.3 Å². The Kier molecular flexibility index (Phi) is 8.92. The maximum Gasteiger partial charge on any atom is 0.338 e. The molecule has 0 fully saturated rings. The summed E-state index contributed by atoms with van der Waals surface area (Å²) in [4.78, 5) is 43.1. The summed E-state index contributed by atoms with van der Waals surface area (Å²) >= 11 is 1.07. The Labute approximate surface area is 233 Å². The first-order valence-corrected chi connectivity index (χ1v) is 13.0. The molecule has 2 heterocycles. The molecule has 1 aliphatic rings. The van der Waals surface area contributed by atoms with Crippen molar-refractivity contribution in [1.29, 1.82) is 0 Å². The van der Waals surface area contributed by atoms with Gasteiger partial charge in [0.2, 0.25) is 0 Å². The van der Waals surface area contributed by atoms with Crippen LogP contribution in [0.2, 0.25) is 0 Å². The van der Waals surface area contributed by atoms with Crippen molar-refractivity contribution >= 4 is 29.1 Å². The number of carbonyl (C=O) groups excluding carboxylic acids is 1. The molecule has 208 valence electrons. The summed E-state index contributed by atoms with van der Waals surface area (Å²) < 4.78 is 23.2. The van der Waals surface area contributed by atoms with Gasteiger partial charge < -0.3 is 18.9 Å². The highest BCUT2D eigenvalue weighted by Crippen LogP contribution is 2.36. The van der Waals surface area contributed by atoms with E-state index in [4.69, 9.17) is 18.9 Å². The van der Waals surface area contributed by atoms with Gasteiger partial charge in [-0.1, -0.05) is 42.2 Å². The zero-order valence-corrected chi connectivity index (χ0v) is 22.9. The molecule has 0 saturated heterocycles. The van der Waals surface area contributed by atoms with Crippen LogP contribution in [-0.4, -0.2) is 49.5 Å². The third-order valence-corrected chi connectivity index (χ3v) is 7.03. The second-order valence-electron chi connectivity index (χ2n) is 8.54. The number of nitrogens with zero attached hydrogens (tertiary/aromatic N) is 3. The molecule has 0 bridgehead atoms. The summed E-state index contributed by atoms with van der Waals surface area (Å²) in [6, 6.07) is 10.3. The van der Waals surface area contributed by atoms with Crippen LogP contribution in [0.5, 0.6) is 11.5 Å². The molecule has 0 saturated carbocycles. The first kappa shape index (κ1) is 28.5. The van der Waals surface area contributed by atoms with E-state index >= 15 is 0 Å². The van der Waals surface area contributed by atoms with E-state index in [-0.39, 0.29) is 41.2 Å². The monoisotopic (exact) mass is 565 g/mol. The minimum absolute atomic E-state index is 0.0125. The van der Waals surface area contributed by atoms with Crippen LogP contribution in [0.1, 0.15) is 24.1 Å². The molecular formula is C28H27N3O8S. The summed E-state index contributed by atoms with van der Waals surface area (Å²) in [5, 5.41) is 11.5. The zero-order valence-electron chi connectivity index (χ0n) is 22.1. The number of carbonyl (C=O) groups is 1. The topological polar surface area (TPSA) is 131 Å². The zero-order chi connectivity index (χ0) is 28.8. The van der Waals surface area contributed by atoms with Crippen molar-refractivity contribution < 1.29 is 28.7 Å². The molecule has 1 aliphatic heterocycles. The minimum Gasteiger partial charge on any atom is -0.493 e. The fourth-order valence-corrected chi connectivity index (χ4v) is 5.27. The molecule has 1 atom stereocenters. The van der Waals surface area contributed by atoms with Crippen molar-refractivity contribution in [2.45, 2.75) is 13.0 Å². The Bertz CT molecular complexity index is 1670. The van der Waals surface area contributed by atoms with Gasteiger partial charge in [-0.15, -0.1) is 0 Å². The van der Waals surface area contributed by atoms with Crippen LogP contribution in [0.15, 0.2) is 76.2 Å². The van der Waals surface area contributed by atoms with Gasteiger partial charge in [0.15, 0.2) is 16.3 Å². The molecular weight excluding hydrogens is 538 g/mol. The summed E-state index contributed by atoms with van der Waals surface area (Å²) in [5.41, 5.74) is 0.763. The number of hydrogen-bond acceptors (Lipinski definition) is 10. The average Bonchev–Trinajstić information content (AvgIpc) is 3.25. The van der Waals surface area contributed by atoms with Crippen LogP contribution < -0.4 is 24.4 Å². The summed E-state index contributed by atoms with van der Waals surface area (Å²) in [6.45, 7) is 5.78. The van der Waals surface area contributed by atoms with Crippen LogP contribution in [0.3, 0.4) is 0 Å². The molecule has 4 rings (SSSR count). The highest BCUT2D eigenvalue weighted by molar-refractivity contribution is 7.07. The summed E-state index contributed by atoms with van der Waals surface area (Å²) in [5.74, 6) is 0.199. The van der Waals surface area contributed by atoms with E-state index < -0.39 is 22.5 Å². The Hall–Kier alpha value is -4.55. The van der Waals surface area contributed by atoms with Crippen LogP contribution in [0.4, 0.5) is 5.69 Å². The molecule has 2 aromatic carbocycles. The number of benzene rings is 2. The van der Waals surface area contributed by atoms with Gasteiger partial charge >= 0.3 is 5.97 Å². The van der Waals surface area contributed by atoms with Crippen molar-refractivity contribution in [1.82, 2.24) is 4.57 Å².